The number of phenols is 1. The van der Waals surface area contributed by atoms with Gasteiger partial charge < -0.3 is 20.5 Å². The maximum Gasteiger partial charge on any atom is 0.192 e. The number of nitrogens with one attached hydrogen (secondary N) is 2. The molecule has 2 aromatic carbocycles. The Hall–Kier alpha value is -2.40. The predicted molar refractivity (Wildman–Crippen MR) is 102 cm³/mol. The zero-order valence-electron chi connectivity index (χ0n) is 14.7. The van der Waals surface area contributed by atoms with Crippen LogP contribution in [0.3, 0.4) is 0 Å². The van der Waals surface area contributed by atoms with Crippen molar-refractivity contribution in [2.24, 2.45) is 4.99 Å². The van der Waals surface area contributed by atoms with Crippen LogP contribution < -0.4 is 15.4 Å². The summed E-state index contributed by atoms with van der Waals surface area (Å²) in [5.74, 6) is 1.22. The number of ether oxygens (including phenoxy) is 1. The summed E-state index contributed by atoms with van der Waals surface area (Å²) in [5, 5.41) is 17.4. The highest BCUT2D eigenvalue weighted by Gasteiger charge is 2.10. The van der Waals surface area contributed by atoms with Gasteiger partial charge in [0.15, 0.2) is 17.5 Å². The van der Waals surface area contributed by atoms with Crippen molar-refractivity contribution >= 4 is 17.6 Å². The lowest BCUT2D eigenvalue weighted by Crippen LogP contribution is -2.38. The molecule has 6 heteroatoms. The van der Waals surface area contributed by atoms with Crippen molar-refractivity contribution in [2.45, 2.75) is 26.4 Å². The summed E-state index contributed by atoms with van der Waals surface area (Å²) >= 11 is 6.06. The molecule has 134 valence electrons. The van der Waals surface area contributed by atoms with Gasteiger partial charge in [0.25, 0.3) is 0 Å². The Bertz CT molecular complexity index is 734. The molecule has 25 heavy (non-hydrogen) atoms. The molecule has 5 nitrogen and oxygen atoms in total. The van der Waals surface area contributed by atoms with E-state index in [0.29, 0.717) is 28.8 Å². The Morgan fingerprint density at radius 3 is 2.72 bits per heavy atom. The molecule has 0 saturated heterocycles. The van der Waals surface area contributed by atoms with Gasteiger partial charge in [0.2, 0.25) is 0 Å². The monoisotopic (exact) mass is 361 g/mol. The zero-order valence-corrected chi connectivity index (χ0v) is 15.5. The number of halogens is 1. The van der Waals surface area contributed by atoms with Crippen molar-refractivity contribution in [1.82, 2.24) is 10.6 Å². The van der Waals surface area contributed by atoms with Crippen LogP contribution in [0.15, 0.2) is 47.5 Å². The van der Waals surface area contributed by atoms with Crippen LogP contribution in [0.2, 0.25) is 5.02 Å². The predicted octanol–water partition coefficient (Wildman–Crippen LogP) is 3.87. The van der Waals surface area contributed by atoms with E-state index in [1.165, 1.54) is 7.11 Å². The lowest BCUT2D eigenvalue weighted by Gasteiger charge is -2.18. The second-order valence-electron chi connectivity index (χ2n) is 5.58. The van der Waals surface area contributed by atoms with Crippen LogP contribution in [0.5, 0.6) is 11.5 Å². The van der Waals surface area contributed by atoms with E-state index in [2.05, 4.69) is 15.6 Å². The van der Waals surface area contributed by atoms with Crippen LogP contribution in [0.4, 0.5) is 0 Å². The van der Waals surface area contributed by atoms with E-state index in [4.69, 9.17) is 16.3 Å². The topological polar surface area (TPSA) is 65.9 Å². The smallest absolute Gasteiger partial charge is 0.192 e. The van der Waals surface area contributed by atoms with Crippen molar-refractivity contribution in [3.05, 3.63) is 58.6 Å². The first kappa shape index (κ1) is 18.9. The third-order valence-electron chi connectivity index (χ3n) is 3.76. The van der Waals surface area contributed by atoms with Gasteiger partial charge in [-0.25, -0.2) is 4.99 Å². The van der Waals surface area contributed by atoms with E-state index in [1.807, 2.05) is 50.2 Å². The van der Waals surface area contributed by atoms with Gasteiger partial charge in [0, 0.05) is 17.1 Å². The van der Waals surface area contributed by atoms with Crippen molar-refractivity contribution in [2.75, 3.05) is 13.7 Å². The number of aromatic hydroxyl groups is 1. The summed E-state index contributed by atoms with van der Waals surface area (Å²) in [6.45, 7) is 5.12. The lowest BCUT2D eigenvalue weighted by molar-refractivity contribution is 0.370. The fraction of sp³-hybridized carbons (Fsp3) is 0.316. The highest BCUT2D eigenvalue weighted by Crippen LogP contribution is 2.29. The van der Waals surface area contributed by atoms with Crippen molar-refractivity contribution < 1.29 is 9.84 Å². The Balaban J connectivity index is 2.13. The molecule has 0 radical (unpaired) electrons. The lowest BCUT2D eigenvalue weighted by atomic mass is 10.1. The molecule has 2 rings (SSSR count). The molecule has 1 atom stereocenters. The van der Waals surface area contributed by atoms with E-state index in [0.717, 1.165) is 12.1 Å². The second kappa shape index (κ2) is 9.18. The number of guanidine groups is 1. The Kier molecular flexibility index (Phi) is 6.95. The molecule has 1 unspecified atom stereocenters. The summed E-state index contributed by atoms with van der Waals surface area (Å²) in [4.78, 5) is 4.55. The molecule has 0 aliphatic rings. The number of rotatable bonds is 6. The van der Waals surface area contributed by atoms with Gasteiger partial charge in [0.1, 0.15) is 0 Å². The quantitative estimate of drug-likeness (QED) is 0.539. The number of methoxy groups -OCH3 is 1. The fourth-order valence-corrected chi connectivity index (χ4v) is 2.61. The average molecular weight is 362 g/mol. The normalized spacial score (nSPS) is 12.6. The molecular formula is C19H24ClN3O2. The maximum absolute atomic E-state index is 10.2. The second-order valence-corrected chi connectivity index (χ2v) is 6.02. The van der Waals surface area contributed by atoms with Gasteiger partial charge >= 0.3 is 0 Å². The van der Waals surface area contributed by atoms with Gasteiger partial charge in [-0.15, -0.1) is 0 Å². The SMILES string of the molecule is CCNC(=NCc1cccc(OC)c1O)NC(C)c1cccc(Cl)c1. The summed E-state index contributed by atoms with van der Waals surface area (Å²) < 4.78 is 5.13. The first-order valence-electron chi connectivity index (χ1n) is 8.20. The number of hydrogen-bond donors (Lipinski definition) is 3. The number of phenolic OH excluding ortho intramolecular Hbond substituents is 1. The van der Waals surface area contributed by atoms with Crippen LogP contribution in [0, 0.1) is 0 Å². The van der Waals surface area contributed by atoms with Crippen molar-refractivity contribution in [3.8, 4) is 11.5 Å². The minimum atomic E-state index is 0.0374. The molecule has 0 saturated carbocycles. The van der Waals surface area contributed by atoms with Gasteiger partial charge in [-0.2, -0.15) is 0 Å². The average Bonchev–Trinajstić information content (AvgIpc) is 2.60. The van der Waals surface area contributed by atoms with E-state index >= 15 is 0 Å². The van der Waals surface area contributed by atoms with E-state index in [-0.39, 0.29) is 11.8 Å². The molecular weight excluding hydrogens is 338 g/mol. The van der Waals surface area contributed by atoms with Gasteiger partial charge in [-0.3, -0.25) is 0 Å². The first-order chi connectivity index (χ1) is 12.0. The van der Waals surface area contributed by atoms with Crippen molar-refractivity contribution in [1.29, 1.82) is 0 Å². The van der Waals surface area contributed by atoms with Crippen molar-refractivity contribution in [3.63, 3.8) is 0 Å². The zero-order chi connectivity index (χ0) is 18.2. The fourth-order valence-electron chi connectivity index (χ4n) is 2.41. The molecule has 0 aliphatic carbocycles. The van der Waals surface area contributed by atoms with E-state index in [1.54, 1.807) is 6.07 Å². The highest BCUT2D eigenvalue weighted by atomic mass is 35.5. The minimum absolute atomic E-state index is 0.0374. The minimum Gasteiger partial charge on any atom is -0.504 e. The number of aliphatic imine (C=N–C) groups is 1. The molecule has 2 aromatic rings. The molecule has 0 bridgehead atoms. The number of benzene rings is 2. The third kappa shape index (κ3) is 5.29. The summed E-state index contributed by atoms with van der Waals surface area (Å²) in [5.41, 5.74) is 1.77. The molecule has 0 heterocycles. The molecule has 0 aromatic heterocycles. The van der Waals surface area contributed by atoms with E-state index < -0.39 is 0 Å². The molecule has 0 spiro atoms. The van der Waals surface area contributed by atoms with Crippen LogP contribution in [0.1, 0.15) is 31.0 Å². The summed E-state index contributed by atoms with van der Waals surface area (Å²) in [6, 6.07) is 13.1. The largest absolute Gasteiger partial charge is 0.504 e. The van der Waals surface area contributed by atoms with Crippen LogP contribution >= 0.6 is 11.6 Å². The van der Waals surface area contributed by atoms with Gasteiger partial charge in [-0.05, 0) is 37.6 Å². The van der Waals surface area contributed by atoms with Crippen LogP contribution in [0.25, 0.3) is 0 Å². The standard InChI is InChI=1S/C19H24ClN3O2/c1-4-21-19(23-13(2)14-7-5-9-16(20)11-14)22-12-15-8-6-10-17(25-3)18(15)24/h5-11,13,24H,4,12H2,1-3H3,(H2,21,22,23). The Morgan fingerprint density at radius 2 is 2.04 bits per heavy atom. The summed E-state index contributed by atoms with van der Waals surface area (Å²) in [7, 11) is 1.53. The first-order valence-corrected chi connectivity index (χ1v) is 8.58. The number of para-hydroxylation sites is 1. The van der Waals surface area contributed by atoms with Crippen LogP contribution in [-0.4, -0.2) is 24.7 Å². The third-order valence-corrected chi connectivity index (χ3v) is 3.99. The number of hydrogen-bond acceptors (Lipinski definition) is 3. The highest BCUT2D eigenvalue weighted by molar-refractivity contribution is 6.30. The summed E-state index contributed by atoms with van der Waals surface area (Å²) in [6.07, 6.45) is 0. The van der Waals surface area contributed by atoms with Gasteiger partial charge in [-0.1, -0.05) is 35.9 Å². The molecule has 0 fully saturated rings. The van der Waals surface area contributed by atoms with Gasteiger partial charge in [0.05, 0.1) is 19.7 Å². The Morgan fingerprint density at radius 1 is 1.28 bits per heavy atom. The number of nitrogens with zero attached hydrogens (tertiary/aromatic N) is 1. The molecule has 3 N–H and O–H groups in total. The maximum atomic E-state index is 10.2. The Labute approximate surface area is 153 Å². The molecule has 0 aliphatic heterocycles. The molecule has 0 amide bonds. The van der Waals surface area contributed by atoms with Crippen LogP contribution in [-0.2, 0) is 6.54 Å². The van der Waals surface area contributed by atoms with E-state index in [9.17, 15) is 5.11 Å².